The molecular weight excluding hydrogens is 406 g/mol. The fourth-order valence-corrected chi connectivity index (χ4v) is 3.98. The number of ether oxygens (including phenoxy) is 1. The Labute approximate surface area is 192 Å². The van der Waals surface area contributed by atoms with Crippen LogP contribution in [0.2, 0.25) is 0 Å². The van der Waals surface area contributed by atoms with Gasteiger partial charge in [0.2, 0.25) is 11.8 Å². The van der Waals surface area contributed by atoms with Crippen LogP contribution in [0.1, 0.15) is 69.7 Å². The highest BCUT2D eigenvalue weighted by atomic mass is 16.5. The van der Waals surface area contributed by atoms with Crippen LogP contribution in [0, 0.1) is 11.8 Å². The summed E-state index contributed by atoms with van der Waals surface area (Å²) in [4.78, 5) is 40.3. The molecule has 0 aliphatic carbocycles. The van der Waals surface area contributed by atoms with Crippen LogP contribution in [0.25, 0.3) is 0 Å². The van der Waals surface area contributed by atoms with Crippen molar-refractivity contribution in [3.8, 4) is 5.75 Å². The molecule has 0 bridgehead atoms. The Morgan fingerprint density at radius 2 is 1.84 bits per heavy atom. The third-order valence-electron chi connectivity index (χ3n) is 6.00. The molecule has 0 radical (unpaired) electrons. The molecule has 0 saturated carbocycles. The van der Waals surface area contributed by atoms with Crippen LogP contribution >= 0.6 is 0 Å². The van der Waals surface area contributed by atoms with E-state index >= 15 is 0 Å². The lowest BCUT2D eigenvalue weighted by Gasteiger charge is -2.35. The molecule has 7 nitrogen and oxygen atoms in total. The van der Waals surface area contributed by atoms with Gasteiger partial charge in [-0.2, -0.15) is 0 Å². The number of rotatable bonds is 11. The first kappa shape index (κ1) is 25.7. The number of hydrogen-bond acceptors (Lipinski definition) is 4. The Morgan fingerprint density at radius 1 is 1.12 bits per heavy atom. The standard InChI is InChI=1S/C25H39N3O4/c1-5-6-7-8-15-26-23(29)20-10-9-16-28(17-20)25(31)22(18(2)3)27-24(30)19-11-13-21(32-4)14-12-19/h11-14,18,20,22H,5-10,15-17H2,1-4H3,(H,26,29)(H,27,30). The van der Waals surface area contributed by atoms with E-state index in [1.54, 1.807) is 36.3 Å². The van der Waals surface area contributed by atoms with Crippen molar-refractivity contribution in [2.24, 2.45) is 11.8 Å². The maximum absolute atomic E-state index is 13.3. The van der Waals surface area contributed by atoms with Gasteiger partial charge in [0.15, 0.2) is 0 Å². The van der Waals surface area contributed by atoms with Crippen molar-refractivity contribution in [1.29, 1.82) is 0 Å². The topological polar surface area (TPSA) is 87.7 Å². The second kappa shape index (κ2) is 13.1. The van der Waals surface area contributed by atoms with Crippen molar-refractivity contribution in [1.82, 2.24) is 15.5 Å². The quantitative estimate of drug-likeness (QED) is 0.511. The number of carbonyl (C=O) groups is 3. The number of amides is 3. The molecule has 1 heterocycles. The predicted molar refractivity (Wildman–Crippen MR) is 126 cm³/mol. The third kappa shape index (κ3) is 7.53. The van der Waals surface area contributed by atoms with Gasteiger partial charge in [0.25, 0.3) is 5.91 Å². The molecule has 2 rings (SSSR count). The van der Waals surface area contributed by atoms with E-state index in [0.717, 1.165) is 25.7 Å². The molecule has 32 heavy (non-hydrogen) atoms. The lowest BCUT2D eigenvalue weighted by molar-refractivity contribution is -0.138. The monoisotopic (exact) mass is 445 g/mol. The van der Waals surface area contributed by atoms with E-state index in [0.29, 0.717) is 30.9 Å². The average molecular weight is 446 g/mol. The van der Waals surface area contributed by atoms with E-state index in [-0.39, 0.29) is 29.6 Å². The Balaban J connectivity index is 1.94. The summed E-state index contributed by atoms with van der Waals surface area (Å²) >= 11 is 0. The lowest BCUT2D eigenvalue weighted by atomic mass is 9.94. The summed E-state index contributed by atoms with van der Waals surface area (Å²) in [6.07, 6.45) is 6.03. The minimum Gasteiger partial charge on any atom is -0.497 e. The Hall–Kier alpha value is -2.57. The minimum absolute atomic E-state index is 0.0300. The minimum atomic E-state index is -0.638. The van der Waals surface area contributed by atoms with Crippen LogP contribution in [0.4, 0.5) is 0 Å². The summed E-state index contributed by atoms with van der Waals surface area (Å²) in [6.45, 7) is 7.70. The normalized spacial score (nSPS) is 17.0. The van der Waals surface area contributed by atoms with E-state index in [4.69, 9.17) is 4.74 Å². The van der Waals surface area contributed by atoms with E-state index < -0.39 is 6.04 Å². The fourth-order valence-electron chi connectivity index (χ4n) is 3.98. The van der Waals surface area contributed by atoms with Gasteiger partial charge in [-0.05, 0) is 49.4 Å². The average Bonchev–Trinajstić information content (AvgIpc) is 2.81. The van der Waals surface area contributed by atoms with Gasteiger partial charge in [0.05, 0.1) is 13.0 Å². The molecule has 2 unspecified atom stereocenters. The van der Waals surface area contributed by atoms with Gasteiger partial charge in [-0.25, -0.2) is 0 Å². The van der Waals surface area contributed by atoms with Crippen molar-refractivity contribution < 1.29 is 19.1 Å². The maximum Gasteiger partial charge on any atom is 0.251 e. The maximum atomic E-state index is 13.3. The Morgan fingerprint density at radius 3 is 2.47 bits per heavy atom. The molecule has 178 valence electrons. The molecule has 1 aliphatic heterocycles. The zero-order valence-electron chi connectivity index (χ0n) is 20.0. The van der Waals surface area contributed by atoms with Crippen LogP contribution in [-0.2, 0) is 9.59 Å². The number of likely N-dealkylation sites (tertiary alicyclic amines) is 1. The third-order valence-corrected chi connectivity index (χ3v) is 6.00. The van der Waals surface area contributed by atoms with Crippen molar-refractivity contribution in [3.05, 3.63) is 29.8 Å². The summed E-state index contributed by atoms with van der Waals surface area (Å²) in [7, 11) is 1.57. The molecule has 0 spiro atoms. The number of hydrogen-bond donors (Lipinski definition) is 2. The zero-order chi connectivity index (χ0) is 23.5. The number of unbranched alkanes of at least 4 members (excludes halogenated alkanes) is 3. The molecule has 1 aromatic rings. The summed E-state index contributed by atoms with van der Waals surface area (Å²) in [5, 5.41) is 5.92. The second-order valence-corrected chi connectivity index (χ2v) is 8.90. The molecular formula is C25H39N3O4. The van der Waals surface area contributed by atoms with E-state index in [9.17, 15) is 14.4 Å². The highest BCUT2D eigenvalue weighted by Gasteiger charge is 2.34. The molecule has 2 atom stereocenters. The van der Waals surface area contributed by atoms with Gasteiger partial charge in [-0.3, -0.25) is 14.4 Å². The van der Waals surface area contributed by atoms with Gasteiger partial charge in [-0.15, -0.1) is 0 Å². The Bertz CT molecular complexity index is 748. The summed E-state index contributed by atoms with van der Waals surface area (Å²) in [5.41, 5.74) is 0.475. The van der Waals surface area contributed by atoms with Gasteiger partial charge in [-0.1, -0.05) is 40.0 Å². The lowest BCUT2D eigenvalue weighted by Crippen LogP contribution is -2.54. The predicted octanol–water partition coefficient (Wildman–Crippen LogP) is 3.38. The van der Waals surface area contributed by atoms with E-state index in [1.807, 2.05) is 13.8 Å². The molecule has 2 N–H and O–H groups in total. The highest BCUT2D eigenvalue weighted by Crippen LogP contribution is 2.20. The van der Waals surface area contributed by atoms with Gasteiger partial charge in [0.1, 0.15) is 11.8 Å². The van der Waals surface area contributed by atoms with Crippen LogP contribution in [-0.4, -0.2) is 55.4 Å². The first-order valence-corrected chi connectivity index (χ1v) is 11.9. The molecule has 1 saturated heterocycles. The summed E-state index contributed by atoms with van der Waals surface area (Å²) in [5.74, 6) is 0.0187. The fraction of sp³-hybridized carbons (Fsp3) is 0.640. The SMILES string of the molecule is CCCCCCNC(=O)C1CCCN(C(=O)C(NC(=O)c2ccc(OC)cc2)C(C)C)C1. The summed E-state index contributed by atoms with van der Waals surface area (Å²) in [6, 6.07) is 6.16. The molecule has 1 fully saturated rings. The van der Waals surface area contributed by atoms with Crippen molar-refractivity contribution in [2.45, 2.75) is 65.3 Å². The Kier molecular flexibility index (Phi) is 10.5. The number of carbonyl (C=O) groups excluding carboxylic acids is 3. The van der Waals surface area contributed by atoms with Gasteiger partial charge in [0, 0.05) is 25.2 Å². The number of piperidine rings is 1. The number of methoxy groups -OCH3 is 1. The van der Waals surface area contributed by atoms with Crippen LogP contribution in [0.15, 0.2) is 24.3 Å². The molecule has 3 amide bonds. The number of nitrogens with zero attached hydrogens (tertiary/aromatic N) is 1. The zero-order valence-corrected chi connectivity index (χ0v) is 20.0. The first-order chi connectivity index (χ1) is 15.4. The number of benzene rings is 1. The summed E-state index contributed by atoms with van der Waals surface area (Å²) < 4.78 is 5.13. The second-order valence-electron chi connectivity index (χ2n) is 8.90. The largest absolute Gasteiger partial charge is 0.497 e. The van der Waals surface area contributed by atoms with E-state index in [2.05, 4.69) is 17.6 Å². The number of nitrogens with one attached hydrogen (secondary N) is 2. The van der Waals surface area contributed by atoms with Crippen molar-refractivity contribution >= 4 is 17.7 Å². The van der Waals surface area contributed by atoms with Crippen LogP contribution in [0.3, 0.4) is 0 Å². The molecule has 7 heteroatoms. The molecule has 0 aromatic heterocycles. The smallest absolute Gasteiger partial charge is 0.251 e. The van der Waals surface area contributed by atoms with E-state index in [1.165, 1.54) is 12.8 Å². The van der Waals surface area contributed by atoms with Crippen molar-refractivity contribution in [3.63, 3.8) is 0 Å². The molecule has 1 aliphatic rings. The van der Waals surface area contributed by atoms with Gasteiger partial charge < -0.3 is 20.3 Å². The van der Waals surface area contributed by atoms with Crippen LogP contribution < -0.4 is 15.4 Å². The van der Waals surface area contributed by atoms with Gasteiger partial charge >= 0.3 is 0 Å². The van der Waals surface area contributed by atoms with Crippen LogP contribution in [0.5, 0.6) is 5.75 Å². The molecule has 1 aromatic carbocycles. The first-order valence-electron chi connectivity index (χ1n) is 11.9. The van der Waals surface area contributed by atoms with Crippen molar-refractivity contribution in [2.75, 3.05) is 26.7 Å². The highest BCUT2D eigenvalue weighted by molar-refractivity contribution is 5.97.